The highest BCUT2D eigenvalue weighted by Gasteiger charge is 2.19. The summed E-state index contributed by atoms with van der Waals surface area (Å²) >= 11 is 1.46. The van der Waals surface area contributed by atoms with Crippen molar-refractivity contribution in [2.45, 2.75) is 25.6 Å². The summed E-state index contributed by atoms with van der Waals surface area (Å²) in [7, 11) is -1.52. The molecule has 0 saturated heterocycles. The van der Waals surface area contributed by atoms with E-state index in [-0.39, 0.29) is 6.54 Å². The van der Waals surface area contributed by atoms with Crippen LogP contribution < -0.4 is 10.0 Å². The van der Waals surface area contributed by atoms with Crippen molar-refractivity contribution < 1.29 is 8.42 Å². The fraction of sp³-hybridized carbons (Fsp3) is 0.667. The average molecular weight is 263 g/mol. The molecule has 5 nitrogen and oxygen atoms in total. The van der Waals surface area contributed by atoms with E-state index in [0.29, 0.717) is 6.54 Å². The van der Waals surface area contributed by atoms with E-state index in [1.165, 1.54) is 11.3 Å². The number of nitrogens with zero attached hydrogens (tertiary/aromatic N) is 1. The normalized spacial score (nSPS) is 13.9. The predicted molar refractivity (Wildman–Crippen MR) is 66.0 cm³/mol. The van der Waals surface area contributed by atoms with E-state index in [4.69, 9.17) is 0 Å². The van der Waals surface area contributed by atoms with Crippen LogP contribution in [0.15, 0.2) is 5.38 Å². The maximum absolute atomic E-state index is 11.7. The van der Waals surface area contributed by atoms with Gasteiger partial charge in [-0.25, -0.2) is 18.1 Å². The van der Waals surface area contributed by atoms with Gasteiger partial charge in [-0.2, -0.15) is 0 Å². The van der Waals surface area contributed by atoms with E-state index in [2.05, 4.69) is 15.0 Å². The molecule has 0 aliphatic carbocycles. The van der Waals surface area contributed by atoms with Gasteiger partial charge in [0.05, 0.1) is 11.8 Å². The van der Waals surface area contributed by atoms with Crippen molar-refractivity contribution in [1.29, 1.82) is 0 Å². The molecular weight excluding hydrogens is 246 g/mol. The van der Waals surface area contributed by atoms with E-state index in [9.17, 15) is 8.42 Å². The quantitative estimate of drug-likeness (QED) is 0.783. The standard InChI is InChI=1S/C9H17N3O2S2/c1-7-6-15-9(12-7)5-11-16(13,14)8(2)4-10-3/h6,8,10-11H,4-5H2,1-3H3. The number of rotatable bonds is 6. The fourth-order valence-electron chi connectivity index (χ4n) is 1.19. The molecule has 0 spiro atoms. The molecule has 1 rings (SSSR count). The van der Waals surface area contributed by atoms with Crippen molar-refractivity contribution >= 4 is 21.4 Å². The highest BCUT2D eigenvalue weighted by atomic mass is 32.2. The van der Waals surface area contributed by atoms with Crippen LogP contribution in [0.5, 0.6) is 0 Å². The Labute approximate surface area is 100 Å². The van der Waals surface area contributed by atoms with Crippen LogP contribution in [0, 0.1) is 6.92 Å². The maximum atomic E-state index is 11.7. The van der Waals surface area contributed by atoms with Crippen molar-refractivity contribution in [3.63, 3.8) is 0 Å². The van der Waals surface area contributed by atoms with Crippen LogP contribution in [0.2, 0.25) is 0 Å². The molecule has 0 saturated carbocycles. The summed E-state index contributed by atoms with van der Waals surface area (Å²) in [5.41, 5.74) is 0.919. The van der Waals surface area contributed by atoms with Crippen LogP contribution >= 0.6 is 11.3 Å². The molecule has 0 fully saturated rings. The summed E-state index contributed by atoms with van der Waals surface area (Å²) in [6.45, 7) is 4.27. The third kappa shape index (κ3) is 3.82. The van der Waals surface area contributed by atoms with Gasteiger partial charge in [0.25, 0.3) is 0 Å². The molecule has 1 unspecified atom stereocenters. The maximum Gasteiger partial charge on any atom is 0.215 e. The fourth-order valence-corrected chi connectivity index (χ4v) is 3.00. The Balaban J connectivity index is 2.54. The SMILES string of the molecule is CNCC(C)S(=O)(=O)NCc1nc(C)cs1. The number of thiazole rings is 1. The molecule has 1 aromatic heterocycles. The Morgan fingerprint density at radius 2 is 2.25 bits per heavy atom. The molecule has 0 aliphatic rings. The van der Waals surface area contributed by atoms with E-state index in [1.54, 1.807) is 14.0 Å². The van der Waals surface area contributed by atoms with E-state index in [1.807, 2.05) is 12.3 Å². The second-order valence-corrected chi connectivity index (χ2v) is 6.74. The lowest BCUT2D eigenvalue weighted by Crippen LogP contribution is -2.37. The first-order valence-corrected chi connectivity index (χ1v) is 7.42. The van der Waals surface area contributed by atoms with E-state index >= 15 is 0 Å². The van der Waals surface area contributed by atoms with Crippen LogP contribution in [-0.4, -0.2) is 32.2 Å². The summed E-state index contributed by atoms with van der Waals surface area (Å²) in [5, 5.41) is 5.09. The van der Waals surface area contributed by atoms with Gasteiger partial charge in [-0.3, -0.25) is 0 Å². The highest BCUT2D eigenvalue weighted by Crippen LogP contribution is 2.09. The summed E-state index contributed by atoms with van der Waals surface area (Å²) in [5.74, 6) is 0. The second kappa shape index (κ2) is 5.72. The highest BCUT2D eigenvalue weighted by molar-refractivity contribution is 7.90. The Bertz CT molecular complexity index is 428. The lowest BCUT2D eigenvalue weighted by molar-refractivity contribution is 0.563. The first-order valence-electron chi connectivity index (χ1n) is 5.00. The monoisotopic (exact) mass is 263 g/mol. The summed E-state index contributed by atoms with van der Waals surface area (Å²) in [4.78, 5) is 4.20. The van der Waals surface area contributed by atoms with Crippen LogP contribution in [-0.2, 0) is 16.6 Å². The number of nitrogens with one attached hydrogen (secondary N) is 2. The van der Waals surface area contributed by atoms with Gasteiger partial charge >= 0.3 is 0 Å². The van der Waals surface area contributed by atoms with Crippen LogP contribution in [0.3, 0.4) is 0 Å². The minimum atomic E-state index is -3.26. The minimum absolute atomic E-state index is 0.273. The zero-order valence-electron chi connectivity index (χ0n) is 9.65. The van der Waals surface area contributed by atoms with Gasteiger partial charge < -0.3 is 5.32 Å². The zero-order valence-corrected chi connectivity index (χ0v) is 11.3. The molecule has 2 N–H and O–H groups in total. The van der Waals surface area contributed by atoms with Crippen molar-refractivity contribution in [2.24, 2.45) is 0 Å². The van der Waals surface area contributed by atoms with Crippen LogP contribution in [0.1, 0.15) is 17.6 Å². The lowest BCUT2D eigenvalue weighted by Gasteiger charge is -2.12. The zero-order chi connectivity index (χ0) is 12.2. The molecule has 0 amide bonds. The van der Waals surface area contributed by atoms with Crippen molar-refractivity contribution in [3.8, 4) is 0 Å². The molecule has 7 heteroatoms. The minimum Gasteiger partial charge on any atom is -0.318 e. The van der Waals surface area contributed by atoms with Crippen molar-refractivity contribution in [1.82, 2.24) is 15.0 Å². The number of sulfonamides is 1. The van der Waals surface area contributed by atoms with Gasteiger partial charge in [-0.15, -0.1) is 11.3 Å². The van der Waals surface area contributed by atoms with E-state index < -0.39 is 15.3 Å². The van der Waals surface area contributed by atoms with Crippen LogP contribution in [0.25, 0.3) is 0 Å². The van der Waals surface area contributed by atoms with E-state index in [0.717, 1.165) is 10.7 Å². The Kier molecular flexibility index (Phi) is 4.85. The number of aromatic nitrogens is 1. The van der Waals surface area contributed by atoms with Gasteiger partial charge in [0.1, 0.15) is 5.01 Å². The number of aryl methyl sites for hydroxylation is 1. The molecule has 0 aliphatic heterocycles. The Morgan fingerprint density at radius 3 is 2.75 bits per heavy atom. The molecule has 0 radical (unpaired) electrons. The Hall–Kier alpha value is -0.500. The number of hydrogen-bond acceptors (Lipinski definition) is 5. The first kappa shape index (κ1) is 13.6. The average Bonchev–Trinajstić information content (AvgIpc) is 2.62. The molecule has 1 atom stereocenters. The number of hydrogen-bond donors (Lipinski definition) is 2. The molecule has 92 valence electrons. The smallest absolute Gasteiger partial charge is 0.215 e. The third-order valence-corrected chi connectivity index (χ3v) is 4.85. The predicted octanol–water partition coefficient (Wildman–Crippen LogP) is 0.479. The second-order valence-electron chi connectivity index (χ2n) is 3.62. The van der Waals surface area contributed by atoms with Crippen molar-refractivity contribution in [3.05, 3.63) is 16.1 Å². The van der Waals surface area contributed by atoms with Gasteiger partial charge in [0.15, 0.2) is 0 Å². The molecular formula is C9H17N3O2S2. The summed E-state index contributed by atoms with van der Waals surface area (Å²) < 4.78 is 26.0. The first-order chi connectivity index (χ1) is 7.45. The summed E-state index contributed by atoms with van der Waals surface area (Å²) in [6.07, 6.45) is 0. The molecule has 1 aromatic rings. The molecule has 0 bridgehead atoms. The lowest BCUT2D eigenvalue weighted by atomic mass is 10.5. The third-order valence-electron chi connectivity index (χ3n) is 2.11. The van der Waals surface area contributed by atoms with Gasteiger partial charge in [-0.05, 0) is 20.9 Å². The Morgan fingerprint density at radius 1 is 1.56 bits per heavy atom. The largest absolute Gasteiger partial charge is 0.318 e. The van der Waals surface area contributed by atoms with Gasteiger partial charge in [0, 0.05) is 17.6 Å². The summed E-state index contributed by atoms with van der Waals surface area (Å²) in [6, 6.07) is 0. The molecule has 0 aromatic carbocycles. The van der Waals surface area contributed by atoms with Gasteiger partial charge in [-0.1, -0.05) is 0 Å². The molecule has 1 heterocycles. The van der Waals surface area contributed by atoms with Crippen molar-refractivity contribution in [2.75, 3.05) is 13.6 Å². The van der Waals surface area contributed by atoms with Gasteiger partial charge in [0.2, 0.25) is 10.0 Å². The van der Waals surface area contributed by atoms with Crippen LogP contribution in [0.4, 0.5) is 0 Å². The topological polar surface area (TPSA) is 71.1 Å². The molecule has 16 heavy (non-hydrogen) atoms.